The molecule has 0 bridgehead atoms. The lowest BCUT2D eigenvalue weighted by Crippen LogP contribution is -2.23. The SMILES string of the molecule is O=C(NCc1ccccc1)c1csc(CCCCc2nccs2)n1. The first-order chi connectivity index (χ1) is 11.8. The average molecular weight is 358 g/mol. The van der Waals surface area contributed by atoms with Crippen LogP contribution in [0.4, 0.5) is 0 Å². The Bertz CT molecular complexity index is 754. The number of nitrogens with zero attached hydrogens (tertiary/aromatic N) is 2. The van der Waals surface area contributed by atoms with Gasteiger partial charge in [0, 0.05) is 23.5 Å². The van der Waals surface area contributed by atoms with Crippen LogP contribution in [0.1, 0.15) is 38.9 Å². The van der Waals surface area contributed by atoms with Crippen LogP contribution in [0.3, 0.4) is 0 Å². The number of carbonyl (C=O) groups excluding carboxylic acids is 1. The molecule has 6 heteroatoms. The Morgan fingerprint density at radius 2 is 1.83 bits per heavy atom. The van der Waals surface area contributed by atoms with E-state index in [-0.39, 0.29) is 5.91 Å². The first kappa shape index (κ1) is 16.8. The van der Waals surface area contributed by atoms with Crippen LogP contribution in [-0.4, -0.2) is 15.9 Å². The maximum absolute atomic E-state index is 12.1. The first-order valence-corrected chi connectivity index (χ1v) is 9.72. The fourth-order valence-electron chi connectivity index (χ4n) is 2.33. The van der Waals surface area contributed by atoms with Crippen molar-refractivity contribution >= 4 is 28.6 Å². The molecule has 1 N–H and O–H groups in total. The van der Waals surface area contributed by atoms with Crippen molar-refractivity contribution in [2.45, 2.75) is 32.2 Å². The second-order valence-corrected chi connectivity index (χ2v) is 7.35. The van der Waals surface area contributed by atoms with E-state index in [9.17, 15) is 4.79 Å². The van der Waals surface area contributed by atoms with Gasteiger partial charge in [-0.25, -0.2) is 9.97 Å². The fraction of sp³-hybridized carbons (Fsp3) is 0.278. The molecule has 124 valence electrons. The van der Waals surface area contributed by atoms with E-state index in [1.54, 1.807) is 22.7 Å². The van der Waals surface area contributed by atoms with Crippen LogP contribution in [0.2, 0.25) is 0 Å². The van der Waals surface area contributed by atoms with Gasteiger partial charge in [-0.1, -0.05) is 30.3 Å². The Labute approximate surface area is 149 Å². The third-order valence-electron chi connectivity index (χ3n) is 3.60. The number of rotatable bonds is 8. The molecular formula is C18H19N3OS2. The Balaban J connectivity index is 1.41. The highest BCUT2D eigenvalue weighted by atomic mass is 32.1. The number of thiazole rings is 2. The van der Waals surface area contributed by atoms with Gasteiger partial charge in [0.1, 0.15) is 5.69 Å². The first-order valence-electron chi connectivity index (χ1n) is 7.96. The van der Waals surface area contributed by atoms with Gasteiger partial charge in [0.05, 0.1) is 10.0 Å². The zero-order valence-electron chi connectivity index (χ0n) is 13.3. The van der Waals surface area contributed by atoms with Gasteiger partial charge < -0.3 is 5.32 Å². The molecule has 2 aromatic heterocycles. The molecule has 3 rings (SSSR count). The predicted octanol–water partition coefficient (Wildman–Crippen LogP) is 4.10. The predicted molar refractivity (Wildman–Crippen MR) is 98.5 cm³/mol. The number of hydrogen-bond acceptors (Lipinski definition) is 5. The normalized spacial score (nSPS) is 10.7. The number of unbranched alkanes of at least 4 members (excludes halogenated alkanes) is 1. The molecule has 0 unspecified atom stereocenters. The van der Waals surface area contributed by atoms with Crippen LogP contribution in [0, 0.1) is 0 Å². The molecule has 1 amide bonds. The van der Waals surface area contributed by atoms with E-state index < -0.39 is 0 Å². The summed E-state index contributed by atoms with van der Waals surface area (Å²) >= 11 is 3.27. The molecule has 1 aromatic carbocycles. The number of amides is 1. The van der Waals surface area contributed by atoms with Crippen LogP contribution in [0.5, 0.6) is 0 Å². The van der Waals surface area contributed by atoms with E-state index in [2.05, 4.69) is 15.3 Å². The zero-order valence-corrected chi connectivity index (χ0v) is 14.9. The number of aromatic nitrogens is 2. The number of nitrogens with one attached hydrogen (secondary N) is 1. The van der Waals surface area contributed by atoms with Crippen molar-refractivity contribution < 1.29 is 4.79 Å². The molecule has 2 heterocycles. The summed E-state index contributed by atoms with van der Waals surface area (Å²) < 4.78 is 0. The number of aryl methyl sites for hydroxylation is 2. The average Bonchev–Trinajstić information content (AvgIpc) is 3.29. The minimum atomic E-state index is -0.107. The van der Waals surface area contributed by atoms with E-state index in [1.807, 2.05) is 47.3 Å². The monoisotopic (exact) mass is 357 g/mol. The maximum atomic E-state index is 12.1. The molecule has 4 nitrogen and oxygen atoms in total. The molecule has 24 heavy (non-hydrogen) atoms. The largest absolute Gasteiger partial charge is 0.347 e. The second-order valence-electron chi connectivity index (χ2n) is 5.43. The topological polar surface area (TPSA) is 54.9 Å². The third-order valence-corrected chi connectivity index (χ3v) is 5.34. The summed E-state index contributed by atoms with van der Waals surface area (Å²) in [5.74, 6) is -0.107. The van der Waals surface area contributed by atoms with Gasteiger partial charge >= 0.3 is 0 Å². The maximum Gasteiger partial charge on any atom is 0.271 e. The van der Waals surface area contributed by atoms with Crippen LogP contribution in [0.15, 0.2) is 47.3 Å². The summed E-state index contributed by atoms with van der Waals surface area (Å²) in [5, 5.41) is 8.98. The minimum Gasteiger partial charge on any atom is -0.347 e. The Kier molecular flexibility index (Phi) is 6.09. The summed E-state index contributed by atoms with van der Waals surface area (Å²) in [4.78, 5) is 20.9. The van der Waals surface area contributed by atoms with Crippen LogP contribution in [0.25, 0.3) is 0 Å². The second kappa shape index (κ2) is 8.70. The highest BCUT2D eigenvalue weighted by molar-refractivity contribution is 7.10. The van der Waals surface area contributed by atoms with Crippen molar-refractivity contribution in [3.63, 3.8) is 0 Å². The summed E-state index contributed by atoms with van der Waals surface area (Å²) in [6.07, 6.45) is 5.96. The molecule has 0 atom stereocenters. The van der Waals surface area contributed by atoms with Crippen LogP contribution in [-0.2, 0) is 19.4 Å². The van der Waals surface area contributed by atoms with Crippen molar-refractivity contribution in [1.82, 2.24) is 15.3 Å². The van der Waals surface area contributed by atoms with Crippen molar-refractivity contribution in [3.05, 3.63) is 68.6 Å². The highest BCUT2D eigenvalue weighted by Gasteiger charge is 2.10. The van der Waals surface area contributed by atoms with Gasteiger partial charge in [0.2, 0.25) is 0 Å². The zero-order chi connectivity index (χ0) is 16.6. The molecule has 0 saturated carbocycles. The minimum absolute atomic E-state index is 0.107. The van der Waals surface area contributed by atoms with Crippen molar-refractivity contribution in [2.75, 3.05) is 0 Å². The molecule has 0 aliphatic heterocycles. The Morgan fingerprint density at radius 1 is 1.04 bits per heavy atom. The molecule has 0 fully saturated rings. The van der Waals surface area contributed by atoms with Gasteiger partial charge in [-0.3, -0.25) is 4.79 Å². The smallest absolute Gasteiger partial charge is 0.271 e. The van der Waals surface area contributed by atoms with E-state index in [4.69, 9.17) is 0 Å². The van der Waals surface area contributed by atoms with Crippen molar-refractivity contribution in [2.24, 2.45) is 0 Å². The lowest BCUT2D eigenvalue weighted by atomic mass is 10.2. The molecule has 0 radical (unpaired) electrons. The molecular weight excluding hydrogens is 338 g/mol. The van der Waals surface area contributed by atoms with Gasteiger partial charge in [0.15, 0.2) is 0 Å². The summed E-state index contributed by atoms with van der Waals surface area (Å²) in [6.45, 7) is 0.528. The molecule has 0 aliphatic rings. The fourth-order valence-corrected chi connectivity index (χ4v) is 3.81. The van der Waals surface area contributed by atoms with Crippen molar-refractivity contribution in [3.8, 4) is 0 Å². The number of hydrogen-bond donors (Lipinski definition) is 1. The Hall–Kier alpha value is -2.05. The van der Waals surface area contributed by atoms with Gasteiger partial charge in [-0.15, -0.1) is 22.7 Å². The van der Waals surface area contributed by atoms with Crippen LogP contribution < -0.4 is 5.32 Å². The highest BCUT2D eigenvalue weighted by Crippen LogP contribution is 2.15. The van der Waals surface area contributed by atoms with E-state index in [0.717, 1.165) is 36.3 Å². The van der Waals surface area contributed by atoms with E-state index >= 15 is 0 Å². The number of carbonyl (C=O) groups is 1. The Morgan fingerprint density at radius 3 is 2.58 bits per heavy atom. The van der Waals surface area contributed by atoms with Gasteiger partial charge in [0.25, 0.3) is 5.91 Å². The lowest BCUT2D eigenvalue weighted by Gasteiger charge is -2.02. The standard InChI is InChI=1S/C18H19N3OS2/c22-18(20-12-14-6-2-1-3-7-14)15-13-24-17(21-15)9-5-4-8-16-19-10-11-23-16/h1-3,6-7,10-11,13H,4-5,8-9,12H2,(H,20,22). The quantitative estimate of drug-likeness (QED) is 0.618. The number of benzene rings is 1. The summed E-state index contributed by atoms with van der Waals surface area (Å²) in [5.41, 5.74) is 1.61. The van der Waals surface area contributed by atoms with Crippen molar-refractivity contribution in [1.29, 1.82) is 0 Å². The molecule has 0 aliphatic carbocycles. The summed E-state index contributed by atoms with van der Waals surface area (Å²) in [7, 11) is 0. The summed E-state index contributed by atoms with van der Waals surface area (Å²) in [6, 6.07) is 9.89. The lowest BCUT2D eigenvalue weighted by molar-refractivity contribution is 0.0946. The molecule has 3 aromatic rings. The van der Waals surface area contributed by atoms with Gasteiger partial charge in [-0.2, -0.15) is 0 Å². The van der Waals surface area contributed by atoms with Crippen LogP contribution >= 0.6 is 22.7 Å². The van der Waals surface area contributed by atoms with Gasteiger partial charge in [-0.05, 0) is 31.2 Å². The third kappa shape index (κ3) is 4.97. The van der Waals surface area contributed by atoms with E-state index in [0.29, 0.717) is 12.2 Å². The molecule has 0 saturated heterocycles. The van der Waals surface area contributed by atoms with E-state index in [1.165, 1.54) is 5.01 Å². The molecule has 0 spiro atoms.